The molecule has 0 spiro atoms. The van der Waals surface area contributed by atoms with Gasteiger partial charge in [-0.25, -0.2) is 21.8 Å². The zero-order valence-corrected chi connectivity index (χ0v) is 26.2. The van der Waals surface area contributed by atoms with Crippen LogP contribution >= 0.6 is 12.4 Å². The topological polar surface area (TPSA) is 94.7 Å². The maximum atomic E-state index is 13.9. The van der Waals surface area contributed by atoms with E-state index in [1.165, 1.54) is 16.1 Å². The molecule has 4 aromatic heterocycles. The third-order valence-electron chi connectivity index (χ3n) is 8.24. The molecular weight excluding hydrogens is 611 g/mol. The van der Waals surface area contributed by atoms with E-state index in [0.717, 1.165) is 59.4 Å². The fourth-order valence-corrected chi connectivity index (χ4v) is 7.15. The van der Waals surface area contributed by atoms with Crippen molar-refractivity contribution >= 4 is 33.5 Å². The molecule has 0 aliphatic carbocycles. The Morgan fingerprint density at radius 2 is 1.67 bits per heavy atom. The number of aromatic nitrogens is 5. The fourth-order valence-electron chi connectivity index (χ4n) is 5.82. The number of hydrogen-bond donors (Lipinski definition) is 1. The van der Waals surface area contributed by atoms with E-state index in [1.807, 2.05) is 31.5 Å². The highest BCUT2D eigenvalue weighted by atomic mass is 35.5. The van der Waals surface area contributed by atoms with Gasteiger partial charge >= 0.3 is 0 Å². The Bertz CT molecular complexity index is 2070. The normalized spacial score (nSPS) is 14.0. The summed E-state index contributed by atoms with van der Waals surface area (Å²) >= 11 is 0. The van der Waals surface area contributed by atoms with Crippen LogP contribution in [0.1, 0.15) is 35.6 Å². The van der Waals surface area contributed by atoms with Crippen molar-refractivity contribution in [3.8, 4) is 22.3 Å². The maximum absolute atomic E-state index is 13.9. The number of pyridine rings is 2. The number of halogens is 2. The van der Waals surface area contributed by atoms with E-state index in [4.69, 9.17) is 4.98 Å². The second kappa shape index (κ2) is 12.5. The molecule has 6 aromatic rings. The van der Waals surface area contributed by atoms with Gasteiger partial charge in [-0.05, 0) is 74.8 Å². The lowest BCUT2D eigenvalue weighted by Gasteiger charge is -2.22. The summed E-state index contributed by atoms with van der Waals surface area (Å²) in [5, 5.41) is 8.57. The summed E-state index contributed by atoms with van der Waals surface area (Å²) in [6, 6.07) is 19.3. The van der Waals surface area contributed by atoms with Crippen molar-refractivity contribution in [2.75, 3.05) is 13.1 Å². The maximum Gasteiger partial charge on any atom is 0.269 e. The zero-order chi connectivity index (χ0) is 30.3. The number of nitrogens with zero attached hydrogens (tertiary/aromatic N) is 5. The van der Waals surface area contributed by atoms with Gasteiger partial charge in [0.15, 0.2) is 5.65 Å². The Morgan fingerprint density at radius 1 is 0.889 bits per heavy atom. The van der Waals surface area contributed by atoms with Crippen molar-refractivity contribution in [1.82, 2.24) is 29.0 Å². The Kier molecular flexibility index (Phi) is 8.54. The van der Waals surface area contributed by atoms with E-state index in [9.17, 15) is 12.8 Å². The smallest absolute Gasteiger partial charge is 0.269 e. The molecule has 2 aromatic carbocycles. The van der Waals surface area contributed by atoms with Crippen molar-refractivity contribution in [2.24, 2.45) is 0 Å². The van der Waals surface area contributed by atoms with Gasteiger partial charge in [-0.15, -0.1) is 12.4 Å². The first-order valence-corrected chi connectivity index (χ1v) is 16.1. The first-order chi connectivity index (χ1) is 21.3. The van der Waals surface area contributed by atoms with Gasteiger partial charge in [0.1, 0.15) is 5.82 Å². The summed E-state index contributed by atoms with van der Waals surface area (Å²) in [5.74, 6) is 0.138. The largest absolute Gasteiger partial charge is 0.317 e. The van der Waals surface area contributed by atoms with Crippen molar-refractivity contribution in [3.63, 3.8) is 0 Å². The molecule has 0 atom stereocenters. The molecule has 0 amide bonds. The van der Waals surface area contributed by atoms with Gasteiger partial charge in [-0.2, -0.15) is 5.10 Å². The van der Waals surface area contributed by atoms with Crippen LogP contribution in [0.2, 0.25) is 0 Å². The molecule has 5 heterocycles. The quantitative estimate of drug-likeness (QED) is 0.211. The van der Waals surface area contributed by atoms with E-state index in [-0.39, 0.29) is 23.1 Å². The molecule has 8 nitrogen and oxygen atoms in total. The molecule has 1 aliphatic rings. The number of fused-ring (bicyclic) bond motifs is 1. The van der Waals surface area contributed by atoms with E-state index in [1.54, 1.807) is 53.6 Å². The van der Waals surface area contributed by atoms with Crippen molar-refractivity contribution in [3.05, 3.63) is 120 Å². The molecule has 0 radical (unpaired) electrons. The third kappa shape index (κ3) is 6.13. The van der Waals surface area contributed by atoms with Gasteiger partial charge in [-0.3, -0.25) is 9.67 Å². The summed E-state index contributed by atoms with van der Waals surface area (Å²) in [5.41, 5.74) is 6.29. The van der Waals surface area contributed by atoms with Gasteiger partial charge in [-0.1, -0.05) is 35.9 Å². The lowest BCUT2D eigenvalue weighted by Crippen LogP contribution is -2.26. The third-order valence-corrected chi connectivity index (χ3v) is 9.91. The molecule has 1 fully saturated rings. The summed E-state index contributed by atoms with van der Waals surface area (Å²) in [6.07, 6.45) is 10.8. The summed E-state index contributed by atoms with van der Waals surface area (Å²) in [6.45, 7) is 4.28. The minimum absolute atomic E-state index is 0. The molecule has 1 saturated heterocycles. The van der Waals surface area contributed by atoms with Gasteiger partial charge in [0, 0.05) is 64.0 Å². The lowest BCUT2D eigenvalue weighted by molar-refractivity contribution is 0.453. The Hall–Kier alpha value is -4.38. The van der Waals surface area contributed by atoms with Crippen LogP contribution in [0.3, 0.4) is 0 Å². The predicted octanol–water partition coefficient (Wildman–Crippen LogP) is 6.58. The minimum atomic E-state index is -3.94. The van der Waals surface area contributed by atoms with E-state index in [2.05, 4.69) is 27.5 Å². The number of piperidine rings is 1. The van der Waals surface area contributed by atoms with Crippen LogP contribution in [-0.2, 0) is 16.6 Å². The number of nitrogens with one attached hydrogen (secondary N) is 1. The summed E-state index contributed by atoms with van der Waals surface area (Å²) < 4.78 is 44.5. The van der Waals surface area contributed by atoms with E-state index in [0.29, 0.717) is 29.1 Å². The van der Waals surface area contributed by atoms with Crippen LogP contribution < -0.4 is 5.32 Å². The average molecular weight is 643 g/mol. The van der Waals surface area contributed by atoms with Gasteiger partial charge in [0.2, 0.25) is 0 Å². The molecular formula is C34H32ClFN6O2S. The molecule has 1 aliphatic heterocycles. The molecule has 45 heavy (non-hydrogen) atoms. The number of rotatable bonds is 7. The van der Waals surface area contributed by atoms with Crippen molar-refractivity contribution < 1.29 is 12.8 Å². The zero-order valence-electron chi connectivity index (χ0n) is 24.6. The molecule has 11 heteroatoms. The van der Waals surface area contributed by atoms with Gasteiger partial charge in [0.05, 0.1) is 17.6 Å². The van der Waals surface area contributed by atoms with Gasteiger partial charge in [0.25, 0.3) is 10.0 Å². The molecule has 230 valence electrons. The summed E-state index contributed by atoms with van der Waals surface area (Å²) in [7, 11) is -3.94. The van der Waals surface area contributed by atoms with E-state index >= 15 is 0 Å². The Labute approximate surface area is 267 Å². The minimum Gasteiger partial charge on any atom is -0.317 e. The van der Waals surface area contributed by atoms with Crippen LogP contribution in [0.4, 0.5) is 4.39 Å². The van der Waals surface area contributed by atoms with Crippen LogP contribution in [-0.4, -0.2) is 45.2 Å². The van der Waals surface area contributed by atoms with Crippen LogP contribution in [0.15, 0.2) is 103 Å². The Balaban J connectivity index is 0.00000357. The highest BCUT2D eigenvalue weighted by molar-refractivity contribution is 7.90. The predicted molar refractivity (Wildman–Crippen MR) is 176 cm³/mol. The first kappa shape index (κ1) is 30.6. The molecule has 0 bridgehead atoms. The average Bonchev–Trinajstić information content (AvgIpc) is 3.66. The SMILES string of the molecule is Cc1ccc(S(=O)(=O)n2cc(-c3cnn(Cc4cccc(F)c4)c3)c3cc(-c4ccc(C5CCNCC5)nc4)cnc32)cc1.Cl. The van der Waals surface area contributed by atoms with Crippen molar-refractivity contribution in [2.45, 2.75) is 37.1 Å². The second-order valence-electron chi connectivity index (χ2n) is 11.3. The summed E-state index contributed by atoms with van der Waals surface area (Å²) in [4.78, 5) is 9.65. The van der Waals surface area contributed by atoms with Gasteiger partial charge < -0.3 is 5.32 Å². The highest BCUT2D eigenvalue weighted by Gasteiger charge is 2.24. The van der Waals surface area contributed by atoms with Crippen LogP contribution in [0.5, 0.6) is 0 Å². The van der Waals surface area contributed by atoms with E-state index < -0.39 is 10.0 Å². The van der Waals surface area contributed by atoms with Crippen molar-refractivity contribution in [1.29, 1.82) is 0 Å². The number of benzene rings is 2. The Morgan fingerprint density at radius 3 is 2.40 bits per heavy atom. The molecule has 1 N–H and O–H groups in total. The monoisotopic (exact) mass is 642 g/mol. The standard InChI is InChI=1S/C34H31FN6O2S.ClH/c1-23-5-8-30(9-6-23)44(42,43)41-22-32(28-19-39-40(21-28)20-24-3-2-4-29(35)15-24)31-16-27(18-38-34(31)41)26-7-10-33(37-17-26)25-11-13-36-14-12-25;/h2-10,15-19,21-22,25,36H,11-14,20H2,1H3;1H. The first-order valence-electron chi connectivity index (χ1n) is 14.6. The van der Waals surface area contributed by atoms with Crippen LogP contribution in [0, 0.1) is 12.7 Å². The molecule has 0 unspecified atom stereocenters. The number of aryl methyl sites for hydroxylation is 1. The number of hydrogen-bond acceptors (Lipinski definition) is 6. The second-order valence-corrected chi connectivity index (χ2v) is 13.1. The lowest BCUT2D eigenvalue weighted by atomic mass is 9.93. The fraction of sp³-hybridized carbons (Fsp3) is 0.206. The van der Waals surface area contributed by atoms with Crippen LogP contribution in [0.25, 0.3) is 33.3 Å². The highest BCUT2D eigenvalue weighted by Crippen LogP contribution is 2.35. The molecule has 0 saturated carbocycles. The molecule has 7 rings (SSSR count).